The monoisotopic (exact) mass is 437 g/mol. The van der Waals surface area contributed by atoms with Crippen molar-refractivity contribution < 1.29 is 13.2 Å². The molecule has 0 radical (unpaired) electrons. The van der Waals surface area contributed by atoms with Gasteiger partial charge in [0.05, 0.1) is 18.2 Å². The van der Waals surface area contributed by atoms with Crippen LogP contribution in [-0.2, 0) is 12.7 Å². The minimum Gasteiger partial charge on any atom is -0.356 e. The topological polar surface area (TPSA) is 66.5 Å². The van der Waals surface area contributed by atoms with Crippen LogP contribution in [0, 0.1) is 11.3 Å². The molecule has 0 aliphatic heterocycles. The van der Waals surface area contributed by atoms with Crippen molar-refractivity contribution in [3.8, 4) is 6.07 Å². The van der Waals surface area contributed by atoms with Crippen LogP contribution in [0.2, 0.25) is 5.02 Å². The highest BCUT2D eigenvalue weighted by atomic mass is 35.5. The normalized spacial score (nSPS) is 13.7. The van der Waals surface area contributed by atoms with Gasteiger partial charge in [0.25, 0.3) is 0 Å². The Morgan fingerprint density at radius 1 is 1.17 bits per heavy atom. The fourth-order valence-corrected chi connectivity index (χ4v) is 3.22. The zero-order valence-electron chi connectivity index (χ0n) is 15.2. The lowest BCUT2D eigenvalue weighted by molar-refractivity contribution is -0.137. The van der Waals surface area contributed by atoms with Gasteiger partial charge >= 0.3 is 6.18 Å². The van der Waals surface area contributed by atoms with Crippen molar-refractivity contribution >= 4 is 39.8 Å². The minimum absolute atomic E-state index is 0.0904. The van der Waals surface area contributed by atoms with Crippen molar-refractivity contribution in [3.05, 3.63) is 58.6 Å². The molecule has 1 N–H and O–H groups in total. The van der Waals surface area contributed by atoms with Gasteiger partial charge in [0.2, 0.25) is 0 Å². The van der Waals surface area contributed by atoms with Gasteiger partial charge < -0.3 is 5.32 Å². The number of rotatable bonds is 5. The van der Waals surface area contributed by atoms with Crippen molar-refractivity contribution in [1.29, 1.82) is 5.26 Å². The fraction of sp³-hybridized carbons (Fsp3) is 0.263. The van der Waals surface area contributed by atoms with Gasteiger partial charge in [-0.25, -0.2) is 0 Å². The summed E-state index contributed by atoms with van der Waals surface area (Å²) in [6.07, 6.45) is -4.06. The van der Waals surface area contributed by atoms with E-state index < -0.39 is 17.3 Å². The number of nitrogens with zero attached hydrogens (tertiary/aromatic N) is 4. The molecule has 1 unspecified atom stereocenters. The summed E-state index contributed by atoms with van der Waals surface area (Å²) >= 11 is 11.3. The summed E-state index contributed by atoms with van der Waals surface area (Å²) in [6.45, 7) is 1.89. The molecule has 3 aromatic rings. The Morgan fingerprint density at radius 3 is 2.41 bits per heavy atom. The van der Waals surface area contributed by atoms with Crippen LogP contribution < -0.4 is 5.32 Å². The average molecular weight is 438 g/mol. The number of fused-ring (bicyclic) bond motifs is 1. The van der Waals surface area contributed by atoms with E-state index in [1.807, 2.05) is 0 Å². The number of alkyl halides is 3. The molecule has 0 saturated carbocycles. The molecule has 5 nitrogen and oxygen atoms in total. The smallest absolute Gasteiger partial charge is 0.356 e. The fourth-order valence-electron chi connectivity index (χ4n) is 2.73. The van der Waals surface area contributed by atoms with E-state index in [4.69, 9.17) is 23.8 Å². The van der Waals surface area contributed by atoms with E-state index >= 15 is 0 Å². The molecule has 10 heteroatoms. The van der Waals surface area contributed by atoms with E-state index in [9.17, 15) is 18.4 Å². The molecule has 0 fully saturated rings. The second-order valence-electron chi connectivity index (χ2n) is 6.44. The van der Waals surface area contributed by atoms with E-state index in [2.05, 4.69) is 21.6 Å². The van der Waals surface area contributed by atoms with Crippen LogP contribution in [0.25, 0.3) is 11.0 Å². The maximum absolute atomic E-state index is 12.7. The van der Waals surface area contributed by atoms with E-state index in [1.54, 1.807) is 25.1 Å². The zero-order valence-corrected chi connectivity index (χ0v) is 16.7. The maximum atomic E-state index is 12.7. The quantitative estimate of drug-likeness (QED) is 0.584. The van der Waals surface area contributed by atoms with E-state index in [0.717, 1.165) is 12.1 Å². The van der Waals surface area contributed by atoms with Gasteiger partial charge in [-0.1, -0.05) is 42.9 Å². The van der Waals surface area contributed by atoms with Crippen LogP contribution in [0.15, 0.2) is 42.5 Å². The molecule has 1 atom stereocenters. The molecule has 1 aromatic heterocycles. The van der Waals surface area contributed by atoms with Gasteiger partial charge in [0.15, 0.2) is 0 Å². The number of thiocarbonyl (C=S) groups is 1. The summed E-state index contributed by atoms with van der Waals surface area (Å²) in [5.41, 5.74) is -0.310. The first-order valence-electron chi connectivity index (χ1n) is 8.57. The summed E-state index contributed by atoms with van der Waals surface area (Å²) < 4.78 is 38.2. The molecule has 0 spiro atoms. The van der Waals surface area contributed by atoms with E-state index in [-0.39, 0.29) is 11.5 Å². The lowest BCUT2D eigenvalue weighted by Gasteiger charge is -2.27. The lowest BCUT2D eigenvalue weighted by Crippen LogP contribution is -2.50. The molecule has 2 aromatic carbocycles. The molecule has 29 heavy (non-hydrogen) atoms. The third-order valence-electron chi connectivity index (χ3n) is 4.44. The van der Waals surface area contributed by atoms with Crippen molar-refractivity contribution in [2.45, 2.75) is 31.6 Å². The Hall–Kier alpha value is -2.70. The number of nitriles is 1. The molecule has 1 heterocycles. The summed E-state index contributed by atoms with van der Waals surface area (Å²) in [6, 6.07) is 11.7. The molecule has 150 valence electrons. The summed E-state index contributed by atoms with van der Waals surface area (Å²) in [4.78, 5) is 1.55. The number of halogens is 4. The van der Waals surface area contributed by atoms with Gasteiger partial charge in [0.1, 0.15) is 21.6 Å². The molecule has 0 amide bonds. The lowest BCUT2D eigenvalue weighted by atomic mass is 9.97. The second-order valence-corrected chi connectivity index (χ2v) is 7.28. The van der Waals surface area contributed by atoms with E-state index in [1.165, 1.54) is 16.9 Å². The molecule has 0 aliphatic carbocycles. The second kappa shape index (κ2) is 7.97. The highest BCUT2D eigenvalue weighted by Crippen LogP contribution is 2.29. The van der Waals surface area contributed by atoms with Gasteiger partial charge in [0, 0.05) is 10.6 Å². The summed E-state index contributed by atoms with van der Waals surface area (Å²) in [5, 5.41) is 22.0. The van der Waals surface area contributed by atoms with Crippen LogP contribution >= 0.6 is 23.8 Å². The van der Waals surface area contributed by atoms with Gasteiger partial charge in [-0.2, -0.15) is 33.4 Å². The first kappa shape index (κ1) is 21.0. The van der Waals surface area contributed by atoms with Crippen LogP contribution in [0.5, 0.6) is 0 Å². The zero-order chi connectivity index (χ0) is 21.2. The molecular weight excluding hydrogens is 423 g/mol. The van der Waals surface area contributed by atoms with Crippen molar-refractivity contribution in [2.24, 2.45) is 0 Å². The molecule has 0 saturated heterocycles. The highest BCUT2D eigenvalue weighted by Gasteiger charge is 2.32. The average Bonchev–Trinajstić information content (AvgIpc) is 3.07. The van der Waals surface area contributed by atoms with Gasteiger partial charge in [-0.05, 0) is 36.8 Å². The first-order valence-corrected chi connectivity index (χ1v) is 9.36. The number of hydrogen-bond donors (Lipinski definition) is 1. The Morgan fingerprint density at radius 2 is 1.83 bits per heavy atom. The predicted molar refractivity (Wildman–Crippen MR) is 107 cm³/mol. The predicted octanol–water partition coefficient (Wildman–Crippen LogP) is 4.74. The van der Waals surface area contributed by atoms with Crippen LogP contribution in [0.4, 0.5) is 13.2 Å². The standard InChI is InChI=1S/C19H15ClF3N5S/c1-2-18(10-24,11-28-26-15-8-7-14(20)9-16(15)27-28)25-17(29)12-3-5-13(6-4-12)19(21,22)23/h3-9H,2,11H2,1H3,(H,25,29). The van der Waals surface area contributed by atoms with Gasteiger partial charge in [-0.3, -0.25) is 0 Å². The summed E-state index contributed by atoms with van der Waals surface area (Å²) in [7, 11) is 0. The molecular formula is C19H15ClF3N5S. The van der Waals surface area contributed by atoms with Crippen LogP contribution in [-0.4, -0.2) is 25.5 Å². The summed E-state index contributed by atoms with van der Waals surface area (Å²) in [5.74, 6) is 0. The van der Waals surface area contributed by atoms with Crippen LogP contribution in [0.1, 0.15) is 24.5 Å². The van der Waals surface area contributed by atoms with E-state index in [0.29, 0.717) is 28.0 Å². The Bertz CT molecular complexity index is 1090. The maximum Gasteiger partial charge on any atom is 0.416 e. The molecule has 3 rings (SSSR count). The number of benzene rings is 2. The Labute approximate surface area is 175 Å². The largest absolute Gasteiger partial charge is 0.416 e. The third kappa shape index (κ3) is 4.66. The Balaban J connectivity index is 1.82. The SMILES string of the molecule is CCC(C#N)(Cn1nc2ccc(Cl)cc2n1)NC(=S)c1ccc(C(F)(F)F)cc1. The number of nitrogens with one attached hydrogen (secondary N) is 1. The van der Waals surface area contributed by atoms with Crippen LogP contribution in [0.3, 0.4) is 0 Å². The number of hydrogen-bond acceptors (Lipinski definition) is 4. The van der Waals surface area contributed by atoms with Gasteiger partial charge in [-0.15, -0.1) is 0 Å². The number of aromatic nitrogens is 3. The van der Waals surface area contributed by atoms with Crippen molar-refractivity contribution in [1.82, 2.24) is 20.3 Å². The first-order chi connectivity index (χ1) is 13.7. The molecule has 0 aliphatic rings. The van der Waals surface area contributed by atoms with Crippen molar-refractivity contribution in [3.63, 3.8) is 0 Å². The Kier molecular flexibility index (Phi) is 5.78. The molecule has 0 bridgehead atoms. The van der Waals surface area contributed by atoms with Crippen molar-refractivity contribution in [2.75, 3.05) is 0 Å². The highest BCUT2D eigenvalue weighted by molar-refractivity contribution is 7.80. The third-order valence-corrected chi connectivity index (χ3v) is 5.01. The minimum atomic E-state index is -4.43.